The maximum absolute atomic E-state index is 14.4. The van der Waals surface area contributed by atoms with Gasteiger partial charge in [0.25, 0.3) is 5.91 Å². The third kappa shape index (κ3) is 6.59. The van der Waals surface area contributed by atoms with Gasteiger partial charge in [-0.1, -0.05) is 32.4 Å². The molecule has 0 bridgehead atoms. The first-order valence-electron chi connectivity index (χ1n) is 12.5. The lowest BCUT2D eigenvalue weighted by atomic mass is 9.74. The van der Waals surface area contributed by atoms with E-state index in [1.54, 1.807) is 20.8 Å². The molecule has 0 atom stereocenters. The monoisotopic (exact) mass is 574 g/mol. The number of hydrogen-bond acceptors (Lipinski definition) is 5. The Morgan fingerprint density at radius 1 is 1.18 bits per heavy atom. The quantitative estimate of drug-likeness (QED) is 0.288. The first kappa shape index (κ1) is 30.5. The third-order valence-electron chi connectivity index (χ3n) is 7.55. The van der Waals surface area contributed by atoms with E-state index in [0.717, 1.165) is 28.2 Å². The minimum absolute atomic E-state index is 0.0960. The molecule has 2 aromatic rings. The fourth-order valence-electron chi connectivity index (χ4n) is 4.70. The maximum Gasteiger partial charge on any atom is 0.433 e. The van der Waals surface area contributed by atoms with Crippen LogP contribution in [0.2, 0.25) is 5.02 Å². The summed E-state index contributed by atoms with van der Waals surface area (Å²) in [6, 6.07) is -0.762. The van der Waals surface area contributed by atoms with E-state index in [1.165, 1.54) is 0 Å². The Hall–Kier alpha value is -3.02. The predicted octanol–water partition coefficient (Wildman–Crippen LogP) is 6.06. The molecule has 3 rings (SSSR count). The number of hydrogen-bond donors (Lipinski definition) is 1. The molecule has 214 valence electrons. The first-order chi connectivity index (χ1) is 18.0. The molecule has 13 heteroatoms. The average Bonchev–Trinajstić information content (AvgIpc) is 3.29. The van der Waals surface area contributed by atoms with Gasteiger partial charge in [-0.25, -0.2) is 4.39 Å². The van der Waals surface area contributed by atoms with E-state index in [4.69, 9.17) is 11.6 Å². The molecule has 1 fully saturated rings. The van der Waals surface area contributed by atoms with Crippen molar-refractivity contribution in [2.75, 3.05) is 13.1 Å². The van der Waals surface area contributed by atoms with Crippen LogP contribution in [0.3, 0.4) is 0 Å². The van der Waals surface area contributed by atoms with Crippen molar-refractivity contribution < 1.29 is 37.1 Å². The standard InChI is InChI=1S/C26H31ClF4N4O4/c1-5-24(2,3)14-34(13-19(36)20-17(27)11-32-12-18(20)28)22(37)16-10-33-35(21(16)26(29,30)31)15-6-8-25(4,9-7-15)23(38)39/h10-12,15H,5-9,13-14H2,1-4H3,(H,38,39). The molecule has 1 aliphatic rings. The van der Waals surface area contributed by atoms with Crippen molar-refractivity contribution >= 4 is 29.3 Å². The highest BCUT2D eigenvalue weighted by Gasteiger charge is 2.45. The van der Waals surface area contributed by atoms with Crippen LogP contribution in [0.5, 0.6) is 0 Å². The van der Waals surface area contributed by atoms with Gasteiger partial charge in [-0.2, -0.15) is 18.3 Å². The van der Waals surface area contributed by atoms with E-state index in [2.05, 4.69) is 10.1 Å². The van der Waals surface area contributed by atoms with Gasteiger partial charge in [0.1, 0.15) is 0 Å². The number of aromatic nitrogens is 3. The van der Waals surface area contributed by atoms with E-state index in [-0.39, 0.29) is 37.3 Å². The Kier molecular flexibility index (Phi) is 8.79. The fourth-order valence-corrected chi connectivity index (χ4v) is 4.96. The number of carboxylic acid groups (broad SMARTS) is 1. The zero-order valence-electron chi connectivity index (χ0n) is 22.1. The Morgan fingerprint density at radius 2 is 1.79 bits per heavy atom. The number of rotatable bonds is 9. The lowest BCUT2D eigenvalue weighted by Crippen LogP contribution is -2.42. The summed E-state index contributed by atoms with van der Waals surface area (Å²) in [5.41, 5.74) is -4.15. The molecule has 1 aliphatic carbocycles. The second-order valence-electron chi connectivity index (χ2n) is 11.0. The molecule has 0 aromatic carbocycles. The number of alkyl halides is 3. The predicted molar refractivity (Wildman–Crippen MR) is 134 cm³/mol. The summed E-state index contributed by atoms with van der Waals surface area (Å²) in [4.78, 5) is 42.7. The number of ketones is 1. The molecule has 2 heterocycles. The van der Waals surface area contributed by atoms with Gasteiger partial charge in [0.15, 0.2) is 17.3 Å². The second-order valence-corrected chi connectivity index (χ2v) is 11.4. The van der Waals surface area contributed by atoms with Crippen molar-refractivity contribution in [3.05, 3.63) is 46.3 Å². The molecule has 0 radical (unpaired) electrons. The van der Waals surface area contributed by atoms with Gasteiger partial charge < -0.3 is 10.0 Å². The molecule has 8 nitrogen and oxygen atoms in total. The Balaban J connectivity index is 2.00. The summed E-state index contributed by atoms with van der Waals surface area (Å²) in [6.45, 7) is 6.14. The average molecular weight is 575 g/mol. The lowest BCUT2D eigenvalue weighted by Gasteiger charge is -2.35. The van der Waals surface area contributed by atoms with Crippen molar-refractivity contribution in [2.24, 2.45) is 10.8 Å². The smallest absolute Gasteiger partial charge is 0.433 e. The van der Waals surface area contributed by atoms with Crippen molar-refractivity contribution in [1.82, 2.24) is 19.7 Å². The number of carbonyl (C=O) groups excluding carboxylic acids is 2. The number of nitrogens with zero attached hydrogens (tertiary/aromatic N) is 4. The van der Waals surface area contributed by atoms with E-state index in [9.17, 15) is 37.1 Å². The Bertz CT molecular complexity index is 1230. The highest BCUT2D eigenvalue weighted by molar-refractivity contribution is 6.34. The summed E-state index contributed by atoms with van der Waals surface area (Å²) in [7, 11) is 0. The fraction of sp³-hybridized carbons (Fsp3) is 0.577. The molecule has 0 spiro atoms. The molecule has 1 N–H and O–H groups in total. The van der Waals surface area contributed by atoms with Crippen LogP contribution >= 0.6 is 11.6 Å². The summed E-state index contributed by atoms with van der Waals surface area (Å²) < 4.78 is 58.2. The molecular weight excluding hydrogens is 544 g/mol. The van der Waals surface area contributed by atoms with Crippen LogP contribution < -0.4 is 0 Å². The minimum atomic E-state index is -4.97. The minimum Gasteiger partial charge on any atom is -0.481 e. The molecule has 39 heavy (non-hydrogen) atoms. The number of pyridine rings is 1. The van der Waals surface area contributed by atoms with Crippen LogP contribution in [0, 0.1) is 16.6 Å². The van der Waals surface area contributed by atoms with Crippen LogP contribution in [0.4, 0.5) is 17.6 Å². The zero-order chi connectivity index (χ0) is 29.3. The number of carbonyl (C=O) groups is 3. The van der Waals surface area contributed by atoms with Crippen LogP contribution in [0.1, 0.15) is 92.3 Å². The van der Waals surface area contributed by atoms with Gasteiger partial charge in [-0.05, 0) is 44.4 Å². The van der Waals surface area contributed by atoms with Gasteiger partial charge in [0, 0.05) is 12.7 Å². The molecule has 1 amide bonds. The van der Waals surface area contributed by atoms with Crippen molar-refractivity contribution in [2.45, 2.75) is 72.0 Å². The number of carboxylic acids is 1. The van der Waals surface area contributed by atoms with Crippen molar-refractivity contribution in [3.63, 3.8) is 0 Å². The highest BCUT2D eigenvalue weighted by atomic mass is 35.5. The van der Waals surface area contributed by atoms with Crippen LogP contribution in [-0.2, 0) is 11.0 Å². The van der Waals surface area contributed by atoms with Gasteiger partial charge in [0.05, 0.1) is 46.5 Å². The van der Waals surface area contributed by atoms with E-state index in [0.29, 0.717) is 6.42 Å². The number of halogens is 5. The molecule has 0 saturated heterocycles. The molecule has 0 unspecified atom stereocenters. The zero-order valence-corrected chi connectivity index (χ0v) is 22.9. The Labute approximate surface area is 228 Å². The van der Waals surface area contributed by atoms with E-state index < -0.39 is 69.9 Å². The Morgan fingerprint density at radius 3 is 2.31 bits per heavy atom. The first-order valence-corrected chi connectivity index (χ1v) is 12.9. The van der Waals surface area contributed by atoms with Crippen molar-refractivity contribution in [3.8, 4) is 0 Å². The largest absolute Gasteiger partial charge is 0.481 e. The molecule has 1 saturated carbocycles. The summed E-state index contributed by atoms with van der Waals surface area (Å²) in [5, 5.41) is 13.1. The maximum atomic E-state index is 14.4. The third-order valence-corrected chi connectivity index (χ3v) is 7.83. The van der Waals surface area contributed by atoms with Gasteiger partial charge in [-0.3, -0.25) is 24.0 Å². The topological polar surface area (TPSA) is 105 Å². The van der Waals surface area contributed by atoms with Gasteiger partial charge in [-0.15, -0.1) is 0 Å². The number of aliphatic carboxylic acids is 1. The summed E-state index contributed by atoms with van der Waals surface area (Å²) in [5.74, 6) is -4.00. The van der Waals surface area contributed by atoms with E-state index in [1.807, 2.05) is 6.92 Å². The highest BCUT2D eigenvalue weighted by Crippen LogP contribution is 2.43. The number of amides is 1. The van der Waals surface area contributed by atoms with Crippen LogP contribution in [-0.4, -0.2) is 55.5 Å². The summed E-state index contributed by atoms with van der Waals surface area (Å²) >= 11 is 5.95. The van der Waals surface area contributed by atoms with Crippen molar-refractivity contribution in [1.29, 1.82) is 0 Å². The molecular formula is C26H31ClF4N4O4. The van der Waals surface area contributed by atoms with Crippen LogP contribution in [0.25, 0.3) is 0 Å². The van der Waals surface area contributed by atoms with Gasteiger partial charge >= 0.3 is 12.1 Å². The SMILES string of the molecule is CCC(C)(C)CN(CC(=O)c1c(F)cncc1Cl)C(=O)c1cnn(C2CCC(C)(C(=O)O)CC2)c1C(F)(F)F. The van der Waals surface area contributed by atoms with Crippen LogP contribution in [0.15, 0.2) is 18.6 Å². The lowest BCUT2D eigenvalue weighted by molar-refractivity contribution is -0.152. The second kappa shape index (κ2) is 11.2. The number of Topliss-reactive ketones (excluding diaryl/α,β-unsaturated/α-hetero) is 1. The molecule has 0 aliphatic heterocycles. The van der Waals surface area contributed by atoms with Gasteiger partial charge in [0.2, 0.25) is 0 Å². The van der Waals surface area contributed by atoms with E-state index >= 15 is 0 Å². The normalized spacial score (nSPS) is 20.1. The summed E-state index contributed by atoms with van der Waals surface area (Å²) in [6.07, 6.45) is -1.20. The molecule has 2 aromatic heterocycles.